The molecule has 25 heavy (non-hydrogen) atoms. The first-order valence-corrected chi connectivity index (χ1v) is 9.91. The summed E-state index contributed by atoms with van der Waals surface area (Å²) >= 11 is 9.32. The van der Waals surface area contributed by atoms with Gasteiger partial charge in [-0.25, -0.2) is 19.6 Å². The van der Waals surface area contributed by atoms with Crippen LogP contribution in [-0.4, -0.2) is 47.8 Å². The first kappa shape index (κ1) is 16.7. The van der Waals surface area contributed by atoms with Gasteiger partial charge in [0.1, 0.15) is 27.8 Å². The number of aromatic nitrogens is 5. The molecule has 0 spiro atoms. The maximum atomic E-state index is 12.6. The highest BCUT2D eigenvalue weighted by Crippen LogP contribution is 2.38. The predicted octanol–water partition coefficient (Wildman–Crippen LogP) is 2.69. The number of nitrogens with zero attached hydrogens (tertiary/aromatic N) is 6. The smallest absolute Gasteiger partial charge is 0.233 e. The first-order chi connectivity index (χ1) is 12.0. The van der Waals surface area contributed by atoms with Crippen LogP contribution in [0.2, 0.25) is 5.02 Å². The highest BCUT2D eigenvalue weighted by Gasteiger charge is 2.23. The van der Waals surface area contributed by atoms with Gasteiger partial charge < -0.3 is 4.90 Å². The van der Waals surface area contributed by atoms with Crippen LogP contribution >= 0.6 is 34.7 Å². The molecule has 3 aromatic rings. The molecule has 10 heteroatoms. The minimum absolute atomic E-state index is 0.0618. The number of carbonyl (C=O) groups excluding carboxylic acids is 1. The molecule has 3 aromatic heterocycles. The summed E-state index contributed by atoms with van der Waals surface area (Å²) in [5, 5.41) is 6.59. The number of carbonyl (C=O) groups is 1. The fourth-order valence-electron chi connectivity index (χ4n) is 2.79. The molecule has 0 unspecified atom stereocenters. The third-order valence-electron chi connectivity index (χ3n) is 4.01. The van der Waals surface area contributed by atoms with Gasteiger partial charge in [0.05, 0.1) is 29.3 Å². The Morgan fingerprint density at radius 3 is 3.04 bits per heavy atom. The third kappa shape index (κ3) is 3.11. The molecule has 7 nitrogen and oxygen atoms in total. The summed E-state index contributed by atoms with van der Waals surface area (Å²) < 4.78 is 1.87. The van der Waals surface area contributed by atoms with E-state index in [9.17, 15) is 4.79 Å². The lowest BCUT2D eigenvalue weighted by Crippen LogP contribution is -2.39. The zero-order valence-corrected chi connectivity index (χ0v) is 16.1. The number of amides is 1. The average Bonchev–Trinajstić information content (AvgIpc) is 3.11. The van der Waals surface area contributed by atoms with Crippen LogP contribution in [0.5, 0.6) is 0 Å². The van der Waals surface area contributed by atoms with Crippen molar-refractivity contribution in [3.05, 3.63) is 27.9 Å². The van der Waals surface area contributed by atoms with Crippen molar-refractivity contribution >= 4 is 50.8 Å². The van der Waals surface area contributed by atoms with Gasteiger partial charge in [-0.2, -0.15) is 5.10 Å². The number of thiophene rings is 1. The number of rotatable bonds is 3. The van der Waals surface area contributed by atoms with Gasteiger partial charge in [-0.15, -0.1) is 11.3 Å². The Hall–Kier alpha value is -1.71. The molecule has 130 valence electrons. The van der Waals surface area contributed by atoms with Gasteiger partial charge in [0.2, 0.25) is 5.91 Å². The van der Waals surface area contributed by atoms with Crippen molar-refractivity contribution in [3.8, 4) is 0 Å². The second kappa shape index (κ2) is 6.54. The molecular weight excluding hydrogens is 380 g/mol. The number of halogens is 1. The molecule has 0 fully saturated rings. The Kier molecular flexibility index (Phi) is 4.38. The van der Waals surface area contributed by atoms with Crippen molar-refractivity contribution in [2.24, 2.45) is 0 Å². The van der Waals surface area contributed by atoms with E-state index in [2.05, 4.69) is 20.1 Å². The lowest BCUT2D eigenvalue weighted by Gasteiger charge is -2.26. The SMILES string of the molecule is Cc1nc2n(n1)CCN(C(=O)CSc1ncnc3sc(C)c(Cl)c13)C2. The van der Waals surface area contributed by atoms with Gasteiger partial charge in [0.25, 0.3) is 0 Å². The Morgan fingerprint density at radius 1 is 1.36 bits per heavy atom. The Labute approximate surface area is 157 Å². The van der Waals surface area contributed by atoms with Crippen LogP contribution in [0.25, 0.3) is 10.2 Å². The average molecular weight is 395 g/mol. The van der Waals surface area contributed by atoms with E-state index in [1.165, 1.54) is 18.1 Å². The third-order valence-corrected chi connectivity index (χ3v) is 6.58. The number of hydrogen-bond acceptors (Lipinski definition) is 7. The summed E-state index contributed by atoms with van der Waals surface area (Å²) in [6.07, 6.45) is 1.52. The van der Waals surface area contributed by atoms with Crippen molar-refractivity contribution in [2.45, 2.75) is 32.0 Å². The molecule has 0 saturated heterocycles. The summed E-state index contributed by atoms with van der Waals surface area (Å²) in [7, 11) is 0. The molecule has 0 aromatic carbocycles. The number of aryl methyl sites for hydroxylation is 2. The van der Waals surface area contributed by atoms with Crippen LogP contribution in [0.3, 0.4) is 0 Å². The molecule has 1 amide bonds. The van der Waals surface area contributed by atoms with Gasteiger partial charge in [0.15, 0.2) is 0 Å². The summed E-state index contributed by atoms with van der Waals surface area (Å²) in [5.41, 5.74) is 0. The topological polar surface area (TPSA) is 76.8 Å². The van der Waals surface area contributed by atoms with Crippen molar-refractivity contribution in [1.29, 1.82) is 0 Å². The second-order valence-electron chi connectivity index (χ2n) is 5.73. The van der Waals surface area contributed by atoms with Gasteiger partial charge in [-0.3, -0.25) is 4.79 Å². The van der Waals surface area contributed by atoms with E-state index in [4.69, 9.17) is 11.6 Å². The molecule has 0 N–H and O–H groups in total. The maximum absolute atomic E-state index is 12.6. The van der Waals surface area contributed by atoms with Crippen molar-refractivity contribution in [1.82, 2.24) is 29.6 Å². The van der Waals surface area contributed by atoms with E-state index in [-0.39, 0.29) is 5.91 Å². The van der Waals surface area contributed by atoms with Crippen LogP contribution in [-0.2, 0) is 17.9 Å². The summed E-state index contributed by atoms with van der Waals surface area (Å²) in [4.78, 5) is 29.2. The highest BCUT2D eigenvalue weighted by atomic mass is 35.5. The Balaban J connectivity index is 1.48. The maximum Gasteiger partial charge on any atom is 0.233 e. The van der Waals surface area contributed by atoms with Crippen molar-refractivity contribution in [3.63, 3.8) is 0 Å². The van der Waals surface area contributed by atoms with Crippen molar-refractivity contribution < 1.29 is 4.79 Å². The van der Waals surface area contributed by atoms with E-state index in [1.54, 1.807) is 11.3 Å². The fraction of sp³-hybridized carbons (Fsp3) is 0.400. The van der Waals surface area contributed by atoms with Gasteiger partial charge in [-0.1, -0.05) is 23.4 Å². The lowest BCUT2D eigenvalue weighted by molar-refractivity contribution is -0.129. The molecule has 1 aliphatic heterocycles. The van der Waals surface area contributed by atoms with E-state index >= 15 is 0 Å². The minimum Gasteiger partial charge on any atom is -0.333 e. The van der Waals surface area contributed by atoms with Gasteiger partial charge >= 0.3 is 0 Å². The number of fused-ring (bicyclic) bond motifs is 2. The van der Waals surface area contributed by atoms with Crippen LogP contribution in [0, 0.1) is 13.8 Å². The van der Waals surface area contributed by atoms with Gasteiger partial charge in [-0.05, 0) is 13.8 Å². The molecule has 1 aliphatic rings. The molecule has 4 heterocycles. The molecule has 0 bridgehead atoms. The Bertz CT molecular complexity index is 968. The number of thioether (sulfide) groups is 1. The number of hydrogen-bond donors (Lipinski definition) is 0. The van der Waals surface area contributed by atoms with E-state index in [1.807, 2.05) is 23.4 Å². The molecular formula is C15H15ClN6OS2. The van der Waals surface area contributed by atoms with Crippen LogP contribution in [0.1, 0.15) is 16.5 Å². The van der Waals surface area contributed by atoms with Crippen LogP contribution in [0.15, 0.2) is 11.4 Å². The molecule has 0 radical (unpaired) electrons. The second-order valence-corrected chi connectivity index (χ2v) is 8.28. The van der Waals surface area contributed by atoms with E-state index < -0.39 is 0 Å². The molecule has 0 saturated carbocycles. The monoisotopic (exact) mass is 394 g/mol. The molecule has 4 rings (SSSR count). The van der Waals surface area contributed by atoms with Gasteiger partial charge in [0, 0.05) is 11.4 Å². The van der Waals surface area contributed by atoms with Crippen LogP contribution < -0.4 is 0 Å². The largest absolute Gasteiger partial charge is 0.333 e. The molecule has 0 atom stereocenters. The highest BCUT2D eigenvalue weighted by molar-refractivity contribution is 8.00. The zero-order chi connectivity index (χ0) is 17.6. The standard InChI is InChI=1S/C15H15ClN6OS2/c1-8-13(16)12-14(17-7-18-15(12)25-8)24-6-11(23)21-3-4-22-10(5-21)19-9(2)20-22/h7H,3-6H2,1-2H3. The minimum atomic E-state index is 0.0618. The quantitative estimate of drug-likeness (QED) is 0.502. The lowest BCUT2D eigenvalue weighted by atomic mass is 10.3. The van der Waals surface area contributed by atoms with Crippen LogP contribution in [0.4, 0.5) is 0 Å². The Morgan fingerprint density at radius 2 is 2.20 bits per heavy atom. The normalized spacial score (nSPS) is 14.1. The van der Waals surface area contributed by atoms with E-state index in [0.29, 0.717) is 30.4 Å². The summed E-state index contributed by atoms with van der Waals surface area (Å²) in [6, 6.07) is 0. The summed E-state index contributed by atoms with van der Waals surface area (Å²) in [6.45, 7) is 5.64. The van der Waals surface area contributed by atoms with Crippen molar-refractivity contribution in [2.75, 3.05) is 12.3 Å². The van der Waals surface area contributed by atoms with E-state index in [0.717, 1.165) is 31.8 Å². The summed E-state index contributed by atoms with van der Waals surface area (Å²) in [5.74, 6) is 1.95. The predicted molar refractivity (Wildman–Crippen MR) is 98.1 cm³/mol. The molecule has 0 aliphatic carbocycles. The zero-order valence-electron chi connectivity index (χ0n) is 13.7. The first-order valence-electron chi connectivity index (χ1n) is 7.73. The fourth-order valence-corrected chi connectivity index (χ4v) is 5.05.